The lowest BCUT2D eigenvalue weighted by Crippen LogP contribution is -1.99. The van der Waals surface area contributed by atoms with Gasteiger partial charge in [0.1, 0.15) is 12.4 Å². The van der Waals surface area contributed by atoms with E-state index in [-0.39, 0.29) is 0 Å². The van der Waals surface area contributed by atoms with Gasteiger partial charge in [-0.1, -0.05) is 33.6 Å². The fraction of sp³-hybridized carbons (Fsp3) is 0.143. The molecule has 2 aromatic rings. The number of hydrogen-bond acceptors (Lipinski definition) is 2. The van der Waals surface area contributed by atoms with Crippen molar-refractivity contribution in [2.24, 2.45) is 0 Å². The molecule has 2 rings (SSSR count). The number of halogens is 2. The molecule has 0 unspecified atom stereocenters. The Labute approximate surface area is 120 Å². The van der Waals surface area contributed by atoms with Crippen LogP contribution < -0.4 is 10.5 Å². The number of anilines is 1. The molecule has 2 N–H and O–H groups in total. The Morgan fingerprint density at radius 3 is 2.78 bits per heavy atom. The van der Waals surface area contributed by atoms with Crippen molar-refractivity contribution in [3.05, 3.63) is 57.0 Å². The number of rotatable bonds is 3. The molecule has 0 aliphatic heterocycles. The number of nitrogen functional groups attached to an aromatic ring is 1. The van der Waals surface area contributed by atoms with Crippen LogP contribution in [0.15, 0.2) is 40.9 Å². The highest BCUT2D eigenvalue weighted by molar-refractivity contribution is 9.10. The van der Waals surface area contributed by atoms with Gasteiger partial charge >= 0.3 is 0 Å². The molecule has 0 spiro atoms. The average molecular weight is 327 g/mol. The molecule has 18 heavy (non-hydrogen) atoms. The second-order valence-corrected chi connectivity index (χ2v) is 5.37. The number of nitrogens with two attached hydrogens (primary N) is 1. The van der Waals surface area contributed by atoms with Crippen molar-refractivity contribution in [2.75, 3.05) is 5.73 Å². The van der Waals surface area contributed by atoms with Gasteiger partial charge in [0, 0.05) is 20.7 Å². The van der Waals surface area contributed by atoms with Crippen molar-refractivity contribution in [1.29, 1.82) is 0 Å². The zero-order chi connectivity index (χ0) is 13.1. The van der Waals surface area contributed by atoms with Crippen LogP contribution in [0.4, 0.5) is 5.69 Å². The molecule has 94 valence electrons. The summed E-state index contributed by atoms with van der Waals surface area (Å²) in [6.07, 6.45) is 0. The lowest BCUT2D eigenvalue weighted by Gasteiger charge is -2.11. The summed E-state index contributed by atoms with van der Waals surface area (Å²) in [4.78, 5) is 0. The summed E-state index contributed by atoms with van der Waals surface area (Å²) in [5.74, 6) is 0.836. The molecular formula is C14H13BrClNO. The number of ether oxygens (including phenoxy) is 1. The van der Waals surface area contributed by atoms with Crippen LogP contribution in [0.5, 0.6) is 5.75 Å². The Kier molecular flexibility index (Phi) is 4.15. The predicted octanol–water partition coefficient (Wildman–Crippen LogP) is 4.57. The van der Waals surface area contributed by atoms with Crippen molar-refractivity contribution < 1.29 is 4.74 Å². The maximum absolute atomic E-state index is 6.09. The maximum Gasteiger partial charge on any atom is 0.123 e. The van der Waals surface area contributed by atoms with Crippen LogP contribution in [0.1, 0.15) is 11.1 Å². The van der Waals surface area contributed by atoms with Crippen LogP contribution in [0, 0.1) is 6.92 Å². The third-order valence-corrected chi connectivity index (χ3v) is 3.47. The highest BCUT2D eigenvalue weighted by Crippen LogP contribution is 2.25. The van der Waals surface area contributed by atoms with E-state index in [1.807, 2.05) is 31.2 Å². The first-order valence-electron chi connectivity index (χ1n) is 5.49. The Bertz CT molecular complexity index is 520. The summed E-state index contributed by atoms with van der Waals surface area (Å²) >= 11 is 9.51. The second-order valence-electron chi connectivity index (χ2n) is 4.05. The van der Waals surface area contributed by atoms with E-state index < -0.39 is 0 Å². The van der Waals surface area contributed by atoms with Crippen LogP contribution >= 0.6 is 27.5 Å². The molecule has 0 saturated heterocycles. The highest BCUT2D eigenvalue weighted by Gasteiger charge is 2.04. The van der Waals surface area contributed by atoms with E-state index in [0.29, 0.717) is 17.3 Å². The molecular weight excluding hydrogens is 314 g/mol. The molecule has 0 aromatic heterocycles. The van der Waals surface area contributed by atoms with Gasteiger partial charge < -0.3 is 10.5 Å². The molecule has 0 aliphatic carbocycles. The van der Waals surface area contributed by atoms with E-state index in [0.717, 1.165) is 21.3 Å². The summed E-state index contributed by atoms with van der Waals surface area (Å²) in [6.45, 7) is 2.41. The highest BCUT2D eigenvalue weighted by atomic mass is 79.9. The molecule has 0 atom stereocenters. The largest absolute Gasteiger partial charge is 0.489 e. The van der Waals surface area contributed by atoms with Crippen LogP contribution in [0.2, 0.25) is 5.02 Å². The van der Waals surface area contributed by atoms with Crippen LogP contribution in [0.25, 0.3) is 0 Å². The number of aryl methyl sites for hydroxylation is 1. The number of hydrogen-bond donors (Lipinski definition) is 1. The molecule has 2 aromatic carbocycles. The first kappa shape index (κ1) is 13.2. The van der Waals surface area contributed by atoms with Crippen molar-refractivity contribution in [3.8, 4) is 5.75 Å². The average Bonchev–Trinajstić information content (AvgIpc) is 2.34. The topological polar surface area (TPSA) is 35.2 Å². The van der Waals surface area contributed by atoms with E-state index in [2.05, 4.69) is 15.9 Å². The Morgan fingerprint density at radius 1 is 1.22 bits per heavy atom. The predicted molar refractivity (Wildman–Crippen MR) is 79.1 cm³/mol. The quantitative estimate of drug-likeness (QED) is 0.838. The normalized spacial score (nSPS) is 10.4. The molecule has 2 nitrogen and oxygen atoms in total. The van der Waals surface area contributed by atoms with E-state index in [4.69, 9.17) is 22.1 Å². The minimum Gasteiger partial charge on any atom is -0.489 e. The van der Waals surface area contributed by atoms with E-state index in [1.54, 1.807) is 12.1 Å². The zero-order valence-corrected chi connectivity index (χ0v) is 12.3. The fourth-order valence-electron chi connectivity index (χ4n) is 1.59. The van der Waals surface area contributed by atoms with Gasteiger partial charge in [0.2, 0.25) is 0 Å². The van der Waals surface area contributed by atoms with Crippen LogP contribution in [-0.4, -0.2) is 0 Å². The van der Waals surface area contributed by atoms with Crippen LogP contribution in [-0.2, 0) is 6.61 Å². The minimum absolute atomic E-state index is 0.404. The van der Waals surface area contributed by atoms with E-state index in [9.17, 15) is 0 Å². The lowest BCUT2D eigenvalue weighted by atomic mass is 10.2. The van der Waals surface area contributed by atoms with Gasteiger partial charge in [0.15, 0.2) is 0 Å². The Hall–Kier alpha value is -1.19. The molecule has 0 amide bonds. The molecule has 0 bridgehead atoms. The summed E-state index contributed by atoms with van der Waals surface area (Å²) < 4.78 is 6.76. The molecule has 4 heteroatoms. The van der Waals surface area contributed by atoms with Gasteiger partial charge in [-0.3, -0.25) is 0 Å². The summed E-state index contributed by atoms with van der Waals surface area (Å²) in [7, 11) is 0. The van der Waals surface area contributed by atoms with Gasteiger partial charge in [0.25, 0.3) is 0 Å². The fourth-order valence-corrected chi connectivity index (χ4v) is 2.10. The molecule has 0 radical (unpaired) electrons. The SMILES string of the molecule is Cc1ccc(Br)cc1OCc1cc(N)ccc1Cl. The van der Waals surface area contributed by atoms with Crippen LogP contribution in [0.3, 0.4) is 0 Å². The standard InChI is InChI=1S/C14H13BrClNO/c1-9-2-3-11(15)7-14(9)18-8-10-6-12(17)4-5-13(10)16/h2-7H,8,17H2,1H3. The van der Waals surface area contributed by atoms with Crippen molar-refractivity contribution in [1.82, 2.24) is 0 Å². The lowest BCUT2D eigenvalue weighted by molar-refractivity contribution is 0.304. The summed E-state index contributed by atoms with van der Waals surface area (Å²) in [5.41, 5.74) is 8.38. The first-order valence-corrected chi connectivity index (χ1v) is 6.66. The summed E-state index contributed by atoms with van der Waals surface area (Å²) in [6, 6.07) is 11.3. The number of benzene rings is 2. The molecule has 0 saturated carbocycles. The third kappa shape index (κ3) is 3.18. The van der Waals surface area contributed by atoms with E-state index in [1.165, 1.54) is 0 Å². The van der Waals surface area contributed by atoms with Crippen molar-refractivity contribution in [2.45, 2.75) is 13.5 Å². The molecule has 0 fully saturated rings. The van der Waals surface area contributed by atoms with Gasteiger partial charge in [-0.15, -0.1) is 0 Å². The zero-order valence-electron chi connectivity index (χ0n) is 9.91. The Balaban J connectivity index is 2.16. The second kappa shape index (κ2) is 5.63. The summed E-state index contributed by atoms with van der Waals surface area (Å²) in [5, 5.41) is 0.664. The monoisotopic (exact) mass is 325 g/mol. The van der Waals surface area contributed by atoms with Crippen molar-refractivity contribution >= 4 is 33.2 Å². The van der Waals surface area contributed by atoms with E-state index >= 15 is 0 Å². The first-order chi connectivity index (χ1) is 8.56. The Morgan fingerprint density at radius 2 is 2.00 bits per heavy atom. The van der Waals surface area contributed by atoms with Gasteiger partial charge in [0.05, 0.1) is 0 Å². The molecule has 0 aliphatic rings. The minimum atomic E-state index is 0.404. The smallest absolute Gasteiger partial charge is 0.123 e. The van der Waals surface area contributed by atoms with Gasteiger partial charge in [-0.2, -0.15) is 0 Å². The van der Waals surface area contributed by atoms with Gasteiger partial charge in [-0.25, -0.2) is 0 Å². The third-order valence-electron chi connectivity index (χ3n) is 2.60. The van der Waals surface area contributed by atoms with Gasteiger partial charge in [-0.05, 0) is 42.8 Å². The van der Waals surface area contributed by atoms with Crippen molar-refractivity contribution in [3.63, 3.8) is 0 Å². The molecule has 0 heterocycles. The maximum atomic E-state index is 6.09.